The molecule has 1 unspecified atom stereocenters. The summed E-state index contributed by atoms with van der Waals surface area (Å²) in [4.78, 5) is 55.6. The lowest BCUT2D eigenvalue weighted by Crippen LogP contribution is -2.54. The highest BCUT2D eigenvalue weighted by Crippen LogP contribution is 2.29. The smallest absolute Gasteiger partial charge is 0.262 e. The minimum Gasteiger partial charge on any atom is -0.328 e. The van der Waals surface area contributed by atoms with Gasteiger partial charge in [0.15, 0.2) is 0 Å². The van der Waals surface area contributed by atoms with Crippen molar-refractivity contribution in [3.05, 3.63) is 34.9 Å². The van der Waals surface area contributed by atoms with Crippen molar-refractivity contribution in [3.8, 4) is 0 Å². The predicted molar refractivity (Wildman–Crippen MR) is 120 cm³/mol. The number of likely N-dealkylation sites (tertiary alicyclic amines) is 2. The zero-order chi connectivity index (χ0) is 23.1. The van der Waals surface area contributed by atoms with Gasteiger partial charge in [0.05, 0.1) is 11.1 Å². The van der Waals surface area contributed by atoms with Crippen LogP contribution in [-0.4, -0.2) is 82.6 Å². The second-order valence-corrected chi connectivity index (χ2v) is 9.71. The number of rotatable bonds is 4. The Balaban J connectivity index is 1.21. The Bertz CT molecular complexity index is 979. The van der Waals surface area contributed by atoms with Gasteiger partial charge in [0.25, 0.3) is 11.8 Å². The molecule has 1 aromatic carbocycles. The zero-order valence-electron chi connectivity index (χ0n) is 18.8. The molecule has 0 bridgehead atoms. The Labute approximate surface area is 193 Å². The second-order valence-electron chi connectivity index (χ2n) is 9.71. The molecule has 3 fully saturated rings. The number of fused-ring (bicyclic) bond motifs is 1. The maximum atomic E-state index is 13.0. The van der Waals surface area contributed by atoms with Crippen molar-refractivity contribution in [1.82, 2.24) is 20.0 Å². The van der Waals surface area contributed by atoms with Crippen LogP contribution in [0.15, 0.2) is 18.2 Å². The first kappa shape index (κ1) is 22.2. The lowest BCUT2D eigenvalue weighted by Gasteiger charge is -2.41. The number of carbonyl (C=O) groups is 4. The monoisotopic (exact) mass is 453 g/mol. The van der Waals surface area contributed by atoms with E-state index >= 15 is 0 Å². The Morgan fingerprint density at radius 1 is 0.879 bits per heavy atom. The highest BCUT2D eigenvalue weighted by Gasteiger charge is 2.44. The molecule has 3 N–H and O–H groups in total. The van der Waals surface area contributed by atoms with Crippen LogP contribution in [0.2, 0.25) is 0 Å². The number of imide groups is 2. The summed E-state index contributed by atoms with van der Waals surface area (Å²) >= 11 is 0. The number of nitrogens with two attached hydrogens (primary N) is 1. The first-order valence-electron chi connectivity index (χ1n) is 12.0. The van der Waals surface area contributed by atoms with Crippen LogP contribution in [0.1, 0.15) is 64.8 Å². The molecular weight excluding hydrogens is 422 g/mol. The van der Waals surface area contributed by atoms with Crippen LogP contribution in [0.5, 0.6) is 0 Å². The third kappa shape index (κ3) is 4.32. The van der Waals surface area contributed by atoms with Crippen molar-refractivity contribution >= 4 is 23.6 Å². The van der Waals surface area contributed by atoms with Crippen molar-refractivity contribution in [3.63, 3.8) is 0 Å². The molecule has 0 aliphatic carbocycles. The van der Waals surface area contributed by atoms with E-state index in [2.05, 4.69) is 15.1 Å². The molecule has 1 aromatic rings. The van der Waals surface area contributed by atoms with E-state index in [0.717, 1.165) is 68.9 Å². The molecule has 0 saturated carbocycles. The molecule has 0 radical (unpaired) electrons. The Morgan fingerprint density at radius 3 is 2.27 bits per heavy atom. The van der Waals surface area contributed by atoms with E-state index in [0.29, 0.717) is 23.2 Å². The molecule has 1 atom stereocenters. The van der Waals surface area contributed by atoms with E-state index in [1.807, 2.05) is 6.07 Å². The van der Waals surface area contributed by atoms with Gasteiger partial charge in [0.1, 0.15) is 6.04 Å². The highest BCUT2D eigenvalue weighted by molar-refractivity contribution is 6.23. The molecule has 5 rings (SSSR count). The first-order valence-corrected chi connectivity index (χ1v) is 12.0. The van der Waals surface area contributed by atoms with Gasteiger partial charge in [0, 0.05) is 25.0 Å². The Kier molecular flexibility index (Phi) is 6.03. The fourth-order valence-electron chi connectivity index (χ4n) is 5.60. The van der Waals surface area contributed by atoms with Gasteiger partial charge in [-0.25, -0.2) is 0 Å². The van der Waals surface area contributed by atoms with Gasteiger partial charge >= 0.3 is 0 Å². The molecule has 176 valence electrons. The van der Waals surface area contributed by atoms with Crippen LogP contribution in [-0.2, 0) is 16.1 Å². The minimum absolute atomic E-state index is 0.120. The van der Waals surface area contributed by atoms with E-state index in [1.165, 1.54) is 0 Å². The summed E-state index contributed by atoms with van der Waals surface area (Å²) in [5.41, 5.74) is 7.70. The van der Waals surface area contributed by atoms with E-state index in [-0.39, 0.29) is 18.7 Å². The number of piperidine rings is 3. The quantitative estimate of drug-likeness (QED) is 0.637. The van der Waals surface area contributed by atoms with Crippen molar-refractivity contribution in [2.75, 3.05) is 26.2 Å². The van der Waals surface area contributed by atoms with Crippen LogP contribution in [0.25, 0.3) is 0 Å². The second kappa shape index (κ2) is 8.96. The average Bonchev–Trinajstić information content (AvgIpc) is 3.05. The number of nitrogens with zero attached hydrogens (tertiary/aromatic N) is 3. The topological polar surface area (TPSA) is 116 Å². The van der Waals surface area contributed by atoms with Crippen molar-refractivity contribution < 1.29 is 19.2 Å². The molecular formula is C24H31N5O4. The van der Waals surface area contributed by atoms with Gasteiger partial charge in [-0.2, -0.15) is 0 Å². The number of amides is 4. The molecule has 4 heterocycles. The number of carbonyl (C=O) groups excluding carboxylic acids is 4. The molecule has 4 aliphatic heterocycles. The normalized spacial score (nSPS) is 26.1. The molecule has 0 spiro atoms. The fraction of sp³-hybridized carbons (Fsp3) is 0.583. The molecule has 4 amide bonds. The van der Waals surface area contributed by atoms with Gasteiger partial charge in [-0.15, -0.1) is 0 Å². The Morgan fingerprint density at radius 2 is 1.58 bits per heavy atom. The summed E-state index contributed by atoms with van der Waals surface area (Å²) in [6, 6.07) is 5.43. The Hall–Kier alpha value is -2.62. The number of benzene rings is 1. The summed E-state index contributed by atoms with van der Waals surface area (Å²) < 4.78 is 0. The number of nitrogens with one attached hydrogen (secondary N) is 1. The van der Waals surface area contributed by atoms with Gasteiger partial charge in [-0.05, 0) is 76.0 Å². The van der Waals surface area contributed by atoms with Crippen LogP contribution in [0.3, 0.4) is 0 Å². The van der Waals surface area contributed by atoms with Gasteiger partial charge in [0.2, 0.25) is 11.8 Å². The summed E-state index contributed by atoms with van der Waals surface area (Å²) in [5, 5.41) is 2.23. The van der Waals surface area contributed by atoms with Gasteiger partial charge < -0.3 is 10.6 Å². The predicted octanol–water partition coefficient (Wildman–Crippen LogP) is 0.475. The fourth-order valence-corrected chi connectivity index (χ4v) is 5.60. The van der Waals surface area contributed by atoms with Crippen LogP contribution in [0, 0.1) is 0 Å². The van der Waals surface area contributed by atoms with Crippen molar-refractivity contribution in [2.24, 2.45) is 5.73 Å². The molecule has 9 heteroatoms. The lowest BCUT2D eigenvalue weighted by molar-refractivity contribution is -0.136. The summed E-state index contributed by atoms with van der Waals surface area (Å²) in [6.45, 7) is 4.91. The summed E-state index contributed by atoms with van der Waals surface area (Å²) in [6.07, 6.45) is 4.70. The average molecular weight is 454 g/mol. The van der Waals surface area contributed by atoms with Gasteiger partial charge in [-0.3, -0.25) is 34.3 Å². The molecule has 9 nitrogen and oxygen atoms in total. The first-order chi connectivity index (χ1) is 15.9. The summed E-state index contributed by atoms with van der Waals surface area (Å²) in [5.74, 6) is -1.87. The van der Waals surface area contributed by atoms with Crippen molar-refractivity contribution in [1.29, 1.82) is 0 Å². The summed E-state index contributed by atoms with van der Waals surface area (Å²) in [7, 11) is 0. The van der Waals surface area contributed by atoms with Crippen molar-refractivity contribution in [2.45, 2.75) is 63.2 Å². The maximum absolute atomic E-state index is 13.0. The SMILES string of the molecule is NC1CCN(C2CCN(Cc3ccc4c(c3)C(=O)N(C3CCC(=O)NC3=O)C4=O)CC2)CC1. The number of hydrogen-bond acceptors (Lipinski definition) is 7. The largest absolute Gasteiger partial charge is 0.328 e. The number of hydrogen-bond donors (Lipinski definition) is 2. The highest BCUT2D eigenvalue weighted by atomic mass is 16.2. The lowest BCUT2D eigenvalue weighted by atomic mass is 9.97. The molecule has 3 saturated heterocycles. The van der Waals surface area contributed by atoms with Crippen LogP contribution >= 0.6 is 0 Å². The standard InChI is InChI=1S/C24H31N5O4/c25-16-5-11-28(12-6-16)17-7-9-27(10-8-17)14-15-1-2-18-19(13-15)24(33)29(23(18)32)20-3-4-21(30)26-22(20)31/h1-2,13,16-17,20H,3-12,14,25H2,(H,26,30,31). The minimum atomic E-state index is -0.929. The molecule has 4 aliphatic rings. The van der Waals surface area contributed by atoms with Crippen LogP contribution < -0.4 is 11.1 Å². The third-order valence-electron chi connectivity index (χ3n) is 7.56. The van der Waals surface area contributed by atoms with E-state index in [9.17, 15) is 19.2 Å². The van der Waals surface area contributed by atoms with Gasteiger partial charge in [-0.1, -0.05) is 6.07 Å². The molecule has 33 heavy (non-hydrogen) atoms. The van der Waals surface area contributed by atoms with E-state index in [4.69, 9.17) is 5.73 Å². The maximum Gasteiger partial charge on any atom is 0.262 e. The third-order valence-corrected chi connectivity index (χ3v) is 7.56. The van der Waals surface area contributed by atoms with Crippen LogP contribution in [0.4, 0.5) is 0 Å². The van der Waals surface area contributed by atoms with E-state index in [1.54, 1.807) is 12.1 Å². The zero-order valence-corrected chi connectivity index (χ0v) is 18.8. The van der Waals surface area contributed by atoms with E-state index < -0.39 is 23.8 Å². The molecule has 0 aromatic heterocycles.